The molecule has 0 saturated carbocycles. The van der Waals surface area contributed by atoms with Crippen molar-refractivity contribution in [3.63, 3.8) is 0 Å². The van der Waals surface area contributed by atoms with E-state index in [2.05, 4.69) is 10.7 Å². The molecule has 0 fully saturated rings. The Hall–Kier alpha value is -0.730. The van der Waals surface area contributed by atoms with Gasteiger partial charge in [-0.05, 0) is 33.7 Å². The van der Waals surface area contributed by atoms with E-state index in [0.717, 1.165) is 18.2 Å². The molecule has 0 radical (unpaired) electrons. The van der Waals surface area contributed by atoms with Crippen LogP contribution in [-0.2, 0) is 4.79 Å². The molecule has 0 aliphatic carbocycles. The van der Waals surface area contributed by atoms with E-state index in [0.29, 0.717) is 6.54 Å². The van der Waals surface area contributed by atoms with Crippen LogP contribution in [0.4, 0.5) is 0 Å². The zero-order chi connectivity index (χ0) is 14.3. The number of hydrogen-bond donors (Lipinski definition) is 3. The van der Waals surface area contributed by atoms with E-state index in [1.807, 2.05) is 44.7 Å². The Kier molecular flexibility index (Phi) is 7.34. The lowest BCUT2D eigenvalue weighted by atomic mass is 10.2. The highest BCUT2D eigenvalue weighted by Crippen LogP contribution is 2.17. The third kappa shape index (κ3) is 3.18. The first-order valence-electron chi connectivity index (χ1n) is 6.36. The molecule has 1 amide bonds. The Bertz CT molecular complexity index is 256. The average Bonchev–Trinajstić information content (AvgIpc) is 2.36. The highest BCUT2D eigenvalue weighted by molar-refractivity contribution is 5.84. The SMILES string of the molecule is CCNC(C(=O)N(N)NC)(N(C)C)N(CC)CC. The topological polar surface area (TPSA) is 76.9 Å². The molecule has 0 aromatic carbocycles. The second-order valence-corrected chi connectivity index (χ2v) is 4.17. The molecule has 7 heteroatoms. The van der Waals surface area contributed by atoms with Crippen molar-refractivity contribution < 1.29 is 4.79 Å². The van der Waals surface area contributed by atoms with Crippen molar-refractivity contribution in [2.45, 2.75) is 26.6 Å². The third-order valence-electron chi connectivity index (χ3n) is 3.05. The minimum absolute atomic E-state index is 0.236. The first-order chi connectivity index (χ1) is 8.42. The minimum Gasteiger partial charge on any atom is -0.279 e. The van der Waals surface area contributed by atoms with E-state index in [4.69, 9.17) is 5.84 Å². The molecular formula is C11H28N6O. The van der Waals surface area contributed by atoms with Crippen molar-refractivity contribution in [3.05, 3.63) is 0 Å². The van der Waals surface area contributed by atoms with Gasteiger partial charge in [-0.3, -0.25) is 19.9 Å². The molecule has 0 saturated heterocycles. The molecule has 0 aromatic heterocycles. The highest BCUT2D eigenvalue weighted by Gasteiger charge is 2.46. The van der Waals surface area contributed by atoms with Gasteiger partial charge in [-0.1, -0.05) is 20.8 Å². The summed E-state index contributed by atoms with van der Waals surface area (Å²) in [4.78, 5) is 16.5. The van der Waals surface area contributed by atoms with Crippen LogP contribution in [0.2, 0.25) is 0 Å². The second kappa shape index (κ2) is 7.65. The van der Waals surface area contributed by atoms with Gasteiger partial charge in [-0.15, -0.1) is 0 Å². The van der Waals surface area contributed by atoms with E-state index >= 15 is 0 Å². The van der Waals surface area contributed by atoms with E-state index in [9.17, 15) is 4.79 Å². The van der Waals surface area contributed by atoms with Crippen molar-refractivity contribution in [2.24, 2.45) is 5.84 Å². The third-order valence-corrected chi connectivity index (χ3v) is 3.05. The molecule has 0 rings (SSSR count). The summed E-state index contributed by atoms with van der Waals surface area (Å²) in [6.45, 7) is 8.16. The van der Waals surface area contributed by atoms with Gasteiger partial charge in [0.2, 0.25) is 5.79 Å². The van der Waals surface area contributed by atoms with Crippen LogP contribution < -0.4 is 16.6 Å². The fraction of sp³-hybridized carbons (Fsp3) is 0.909. The molecule has 1 atom stereocenters. The fourth-order valence-electron chi connectivity index (χ4n) is 2.15. The number of carbonyl (C=O) groups excluding carboxylic acids is 1. The maximum atomic E-state index is 12.6. The van der Waals surface area contributed by atoms with Gasteiger partial charge in [0.1, 0.15) is 0 Å². The maximum Gasteiger partial charge on any atom is 0.302 e. The lowest BCUT2D eigenvalue weighted by Gasteiger charge is -2.47. The summed E-state index contributed by atoms with van der Waals surface area (Å²) < 4.78 is 0. The Labute approximate surface area is 110 Å². The van der Waals surface area contributed by atoms with Crippen molar-refractivity contribution >= 4 is 5.91 Å². The molecule has 0 aromatic rings. The fourth-order valence-corrected chi connectivity index (χ4v) is 2.15. The molecule has 4 N–H and O–H groups in total. The number of likely N-dealkylation sites (N-methyl/N-ethyl adjacent to an activating group) is 3. The number of nitrogens with zero attached hydrogens (tertiary/aromatic N) is 3. The summed E-state index contributed by atoms with van der Waals surface area (Å²) in [6.07, 6.45) is 0. The molecule has 0 bridgehead atoms. The lowest BCUT2D eigenvalue weighted by molar-refractivity contribution is -0.165. The van der Waals surface area contributed by atoms with Gasteiger partial charge in [0.25, 0.3) is 0 Å². The highest BCUT2D eigenvalue weighted by atomic mass is 16.2. The summed E-state index contributed by atoms with van der Waals surface area (Å²) in [5.74, 6) is 4.53. The number of hydrogen-bond acceptors (Lipinski definition) is 6. The minimum atomic E-state index is -0.935. The quantitative estimate of drug-likeness (QED) is 0.225. The molecule has 108 valence electrons. The van der Waals surface area contributed by atoms with Crippen LogP contribution in [0.3, 0.4) is 0 Å². The van der Waals surface area contributed by atoms with Crippen LogP contribution in [0.5, 0.6) is 0 Å². The molecule has 18 heavy (non-hydrogen) atoms. The van der Waals surface area contributed by atoms with Crippen molar-refractivity contribution in [1.82, 2.24) is 25.7 Å². The number of carbonyl (C=O) groups is 1. The Morgan fingerprint density at radius 3 is 2.00 bits per heavy atom. The second-order valence-electron chi connectivity index (χ2n) is 4.17. The monoisotopic (exact) mass is 260 g/mol. The van der Waals surface area contributed by atoms with E-state index in [1.54, 1.807) is 7.05 Å². The average molecular weight is 260 g/mol. The summed E-state index contributed by atoms with van der Waals surface area (Å²) in [5, 5.41) is 4.27. The zero-order valence-corrected chi connectivity index (χ0v) is 12.4. The van der Waals surface area contributed by atoms with Crippen LogP contribution >= 0.6 is 0 Å². The van der Waals surface area contributed by atoms with Gasteiger partial charge >= 0.3 is 5.91 Å². The molecule has 0 spiro atoms. The van der Waals surface area contributed by atoms with Gasteiger partial charge in [0.15, 0.2) is 0 Å². The van der Waals surface area contributed by atoms with Gasteiger partial charge in [0.05, 0.1) is 0 Å². The normalized spacial score (nSPS) is 14.9. The maximum absolute atomic E-state index is 12.6. The van der Waals surface area contributed by atoms with Gasteiger partial charge < -0.3 is 0 Å². The first-order valence-corrected chi connectivity index (χ1v) is 6.36. The Balaban J connectivity index is 5.53. The molecule has 7 nitrogen and oxygen atoms in total. The summed E-state index contributed by atoms with van der Waals surface area (Å²) in [7, 11) is 5.34. The number of hydrazine groups is 2. The predicted octanol–water partition coefficient (Wildman–Crippen LogP) is -1.01. The van der Waals surface area contributed by atoms with Crippen LogP contribution in [0.15, 0.2) is 0 Å². The van der Waals surface area contributed by atoms with Crippen LogP contribution in [0, 0.1) is 0 Å². The Morgan fingerprint density at radius 1 is 1.22 bits per heavy atom. The zero-order valence-electron chi connectivity index (χ0n) is 12.4. The largest absolute Gasteiger partial charge is 0.302 e. The smallest absolute Gasteiger partial charge is 0.279 e. The summed E-state index contributed by atoms with van der Waals surface area (Å²) in [6, 6.07) is 0. The van der Waals surface area contributed by atoms with E-state index < -0.39 is 5.79 Å². The standard InChI is InChI=1S/C11H28N6O/c1-7-14-11(15(5)6,16(8-2)9-3)10(18)17(12)13-4/h13-14H,7-9,12H2,1-6H3. The van der Waals surface area contributed by atoms with Gasteiger partial charge in [-0.25, -0.2) is 16.4 Å². The number of nitrogens with one attached hydrogen (secondary N) is 2. The number of nitrogens with two attached hydrogens (primary N) is 1. The van der Waals surface area contributed by atoms with Crippen LogP contribution in [-0.4, -0.2) is 67.4 Å². The molecule has 0 aliphatic rings. The number of amides is 1. The Morgan fingerprint density at radius 2 is 1.72 bits per heavy atom. The lowest BCUT2D eigenvalue weighted by Crippen LogP contribution is -2.76. The molecule has 1 unspecified atom stereocenters. The summed E-state index contributed by atoms with van der Waals surface area (Å²) in [5.41, 5.74) is 2.65. The van der Waals surface area contributed by atoms with Gasteiger partial charge in [-0.2, -0.15) is 0 Å². The van der Waals surface area contributed by atoms with Crippen molar-refractivity contribution in [2.75, 3.05) is 40.8 Å². The number of rotatable bonds is 8. The first kappa shape index (κ1) is 17.3. The van der Waals surface area contributed by atoms with E-state index in [1.165, 1.54) is 0 Å². The van der Waals surface area contributed by atoms with E-state index in [-0.39, 0.29) is 5.91 Å². The molecule has 0 aliphatic heterocycles. The van der Waals surface area contributed by atoms with Gasteiger partial charge in [0, 0.05) is 7.05 Å². The van der Waals surface area contributed by atoms with Crippen LogP contribution in [0.25, 0.3) is 0 Å². The predicted molar refractivity (Wildman–Crippen MR) is 73.1 cm³/mol. The molecular weight excluding hydrogens is 232 g/mol. The van der Waals surface area contributed by atoms with Crippen LogP contribution in [0.1, 0.15) is 20.8 Å². The van der Waals surface area contributed by atoms with Crippen molar-refractivity contribution in [1.29, 1.82) is 0 Å². The molecule has 0 heterocycles. The van der Waals surface area contributed by atoms with Crippen molar-refractivity contribution in [3.8, 4) is 0 Å². The summed E-state index contributed by atoms with van der Waals surface area (Å²) >= 11 is 0.